The maximum absolute atomic E-state index is 11.6. The van der Waals surface area contributed by atoms with Crippen LogP contribution in [0.4, 0.5) is 0 Å². The Hall–Kier alpha value is -0.610. The van der Waals surface area contributed by atoms with Gasteiger partial charge in [0.05, 0.1) is 13.2 Å². The Bertz CT molecular complexity index is 226. The van der Waals surface area contributed by atoms with Gasteiger partial charge in [-0.15, -0.1) is 0 Å². The zero-order valence-electron chi connectivity index (χ0n) is 10.3. The van der Waals surface area contributed by atoms with E-state index < -0.39 is 5.60 Å². The molecule has 4 nitrogen and oxygen atoms in total. The Morgan fingerprint density at radius 3 is 2.75 bits per heavy atom. The number of aliphatic hydroxyl groups is 1. The van der Waals surface area contributed by atoms with Crippen molar-refractivity contribution in [3.63, 3.8) is 0 Å². The number of ether oxygens (including phenoxy) is 1. The van der Waals surface area contributed by atoms with E-state index in [0.717, 1.165) is 19.3 Å². The third-order valence-electron chi connectivity index (χ3n) is 3.07. The molecule has 1 amide bonds. The van der Waals surface area contributed by atoms with E-state index in [1.54, 1.807) is 0 Å². The number of carbonyl (C=O) groups is 1. The second-order valence-corrected chi connectivity index (χ2v) is 4.80. The minimum atomic E-state index is -0.695. The van der Waals surface area contributed by atoms with Crippen molar-refractivity contribution in [2.45, 2.75) is 45.1 Å². The molecule has 1 aliphatic rings. The highest BCUT2D eigenvalue weighted by Crippen LogP contribution is 2.19. The zero-order chi connectivity index (χ0) is 12.0. The van der Waals surface area contributed by atoms with Gasteiger partial charge in [-0.1, -0.05) is 26.7 Å². The maximum Gasteiger partial charge on any atom is 0.222 e. The number of nitrogens with one attached hydrogen (secondary N) is 1. The summed E-state index contributed by atoms with van der Waals surface area (Å²) in [7, 11) is 0. The first-order valence-corrected chi connectivity index (χ1v) is 6.15. The van der Waals surface area contributed by atoms with E-state index >= 15 is 0 Å². The van der Waals surface area contributed by atoms with Gasteiger partial charge in [0.25, 0.3) is 0 Å². The van der Waals surface area contributed by atoms with E-state index in [0.29, 0.717) is 26.2 Å². The van der Waals surface area contributed by atoms with Gasteiger partial charge in [0.15, 0.2) is 0 Å². The average molecular weight is 229 g/mol. The van der Waals surface area contributed by atoms with Crippen molar-refractivity contribution in [3.8, 4) is 0 Å². The van der Waals surface area contributed by atoms with Crippen molar-refractivity contribution in [1.29, 1.82) is 0 Å². The second-order valence-electron chi connectivity index (χ2n) is 4.80. The third-order valence-corrected chi connectivity index (χ3v) is 3.07. The lowest BCUT2D eigenvalue weighted by atomic mass is 9.97. The quantitative estimate of drug-likeness (QED) is 0.687. The zero-order valence-corrected chi connectivity index (χ0v) is 10.3. The maximum atomic E-state index is 11.6. The van der Waals surface area contributed by atoms with Crippen LogP contribution in [0.1, 0.15) is 39.5 Å². The molecule has 1 unspecified atom stereocenters. The van der Waals surface area contributed by atoms with E-state index in [-0.39, 0.29) is 11.8 Å². The number of rotatable bonds is 7. The van der Waals surface area contributed by atoms with Gasteiger partial charge in [0, 0.05) is 12.5 Å². The molecule has 0 aliphatic carbocycles. The van der Waals surface area contributed by atoms with Crippen LogP contribution in [0.5, 0.6) is 0 Å². The SMILES string of the molecule is CCCCC(C)C(=O)NCCC1(O)COC1. The number of carbonyl (C=O) groups excluding carboxylic acids is 1. The highest BCUT2D eigenvalue weighted by Gasteiger charge is 2.35. The summed E-state index contributed by atoms with van der Waals surface area (Å²) in [6.45, 7) is 5.40. The summed E-state index contributed by atoms with van der Waals surface area (Å²) in [5, 5.41) is 12.6. The molecule has 1 rings (SSSR count). The second kappa shape index (κ2) is 6.21. The fraction of sp³-hybridized carbons (Fsp3) is 0.917. The van der Waals surface area contributed by atoms with Crippen molar-refractivity contribution in [2.75, 3.05) is 19.8 Å². The number of unbranched alkanes of at least 4 members (excludes halogenated alkanes) is 1. The summed E-state index contributed by atoms with van der Waals surface area (Å²) >= 11 is 0. The lowest BCUT2D eigenvalue weighted by Gasteiger charge is -2.36. The molecule has 0 bridgehead atoms. The van der Waals surface area contributed by atoms with Crippen LogP contribution in [0, 0.1) is 5.92 Å². The summed E-state index contributed by atoms with van der Waals surface area (Å²) in [4.78, 5) is 11.6. The highest BCUT2D eigenvalue weighted by atomic mass is 16.5. The van der Waals surface area contributed by atoms with Crippen molar-refractivity contribution < 1.29 is 14.6 Å². The van der Waals surface area contributed by atoms with Crippen molar-refractivity contribution in [2.24, 2.45) is 5.92 Å². The largest absolute Gasteiger partial charge is 0.385 e. The Morgan fingerprint density at radius 1 is 1.56 bits per heavy atom. The molecule has 1 fully saturated rings. The van der Waals surface area contributed by atoms with Gasteiger partial charge in [0.1, 0.15) is 5.60 Å². The molecule has 0 saturated carbocycles. The lowest BCUT2D eigenvalue weighted by Crippen LogP contribution is -2.51. The van der Waals surface area contributed by atoms with E-state index in [1.165, 1.54) is 0 Å². The summed E-state index contributed by atoms with van der Waals surface area (Å²) < 4.78 is 4.93. The van der Waals surface area contributed by atoms with Crippen LogP contribution in [0.3, 0.4) is 0 Å². The van der Waals surface area contributed by atoms with Gasteiger partial charge in [-0.25, -0.2) is 0 Å². The fourth-order valence-electron chi connectivity index (χ4n) is 1.72. The van der Waals surface area contributed by atoms with Crippen molar-refractivity contribution >= 4 is 5.91 Å². The van der Waals surface area contributed by atoms with Crippen molar-refractivity contribution in [3.05, 3.63) is 0 Å². The minimum absolute atomic E-state index is 0.0761. The Kier molecular flexibility index (Phi) is 5.22. The molecule has 1 heterocycles. The van der Waals surface area contributed by atoms with Crippen LogP contribution < -0.4 is 5.32 Å². The van der Waals surface area contributed by atoms with Crippen LogP contribution in [0.25, 0.3) is 0 Å². The molecule has 4 heteroatoms. The summed E-state index contributed by atoms with van der Waals surface area (Å²) in [6, 6.07) is 0. The number of hydrogen-bond donors (Lipinski definition) is 2. The van der Waals surface area contributed by atoms with Crippen LogP contribution in [-0.2, 0) is 9.53 Å². The van der Waals surface area contributed by atoms with E-state index in [2.05, 4.69) is 12.2 Å². The molecule has 0 aromatic heterocycles. The van der Waals surface area contributed by atoms with Gasteiger partial charge in [-0.3, -0.25) is 4.79 Å². The molecule has 0 spiro atoms. The molecule has 1 saturated heterocycles. The molecular formula is C12H23NO3. The molecule has 94 valence electrons. The van der Waals surface area contributed by atoms with Crippen LogP contribution in [0.2, 0.25) is 0 Å². The van der Waals surface area contributed by atoms with E-state index in [4.69, 9.17) is 4.74 Å². The minimum Gasteiger partial charge on any atom is -0.385 e. The van der Waals surface area contributed by atoms with Crippen LogP contribution in [0.15, 0.2) is 0 Å². The first-order chi connectivity index (χ1) is 7.57. The summed E-state index contributed by atoms with van der Waals surface area (Å²) in [6.07, 6.45) is 3.73. The molecular weight excluding hydrogens is 206 g/mol. The summed E-state index contributed by atoms with van der Waals surface area (Å²) in [5.74, 6) is 0.171. The Morgan fingerprint density at radius 2 is 2.25 bits per heavy atom. The highest BCUT2D eigenvalue weighted by molar-refractivity contribution is 5.78. The smallest absolute Gasteiger partial charge is 0.222 e. The Balaban J connectivity index is 2.09. The van der Waals surface area contributed by atoms with Crippen LogP contribution in [-0.4, -0.2) is 36.4 Å². The molecule has 2 N–H and O–H groups in total. The fourth-order valence-corrected chi connectivity index (χ4v) is 1.72. The standard InChI is InChI=1S/C12H23NO3/c1-3-4-5-10(2)11(14)13-7-6-12(15)8-16-9-12/h10,15H,3-9H2,1-2H3,(H,13,14). The van der Waals surface area contributed by atoms with Crippen LogP contribution >= 0.6 is 0 Å². The normalized spacial score (nSPS) is 19.9. The average Bonchev–Trinajstić information content (AvgIpc) is 2.23. The molecule has 0 aromatic carbocycles. The monoisotopic (exact) mass is 229 g/mol. The first kappa shape index (κ1) is 13.5. The Labute approximate surface area is 97.4 Å². The lowest BCUT2D eigenvalue weighted by molar-refractivity contribution is -0.180. The molecule has 0 aromatic rings. The van der Waals surface area contributed by atoms with Gasteiger partial charge in [0.2, 0.25) is 5.91 Å². The van der Waals surface area contributed by atoms with Gasteiger partial charge in [-0.05, 0) is 12.8 Å². The first-order valence-electron chi connectivity index (χ1n) is 6.15. The third kappa shape index (κ3) is 4.10. The van der Waals surface area contributed by atoms with E-state index in [9.17, 15) is 9.90 Å². The summed E-state index contributed by atoms with van der Waals surface area (Å²) in [5.41, 5.74) is -0.695. The van der Waals surface area contributed by atoms with E-state index in [1.807, 2.05) is 6.92 Å². The molecule has 1 aliphatic heterocycles. The predicted molar refractivity (Wildman–Crippen MR) is 62.1 cm³/mol. The molecule has 1 atom stereocenters. The predicted octanol–water partition coefficient (Wildman–Crippen LogP) is 1.08. The van der Waals surface area contributed by atoms with Gasteiger partial charge in [-0.2, -0.15) is 0 Å². The van der Waals surface area contributed by atoms with Crippen molar-refractivity contribution in [1.82, 2.24) is 5.32 Å². The molecule has 16 heavy (non-hydrogen) atoms. The topological polar surface area (TPSA) is 58.6 Å². The number of amides is 1. The van der Waals surface area contributed by atoms with Gasteiger partial charge >= 0.3 is 0 Å². The number of hydrogen-bond acceptors (Lipinski definition) is 3. The van der Waals surface area contributed by atoms with Gasteiger partial charge < -0.3 is 15.2 Å². The molecule has 0 radical (unpaired) electrons.